The molecule has 4 aromatic rings. The number of cyclic esters (lactones) is 1. The first kappa shape index (κ1) is 33.2. The summed E-state index contributed by atoms with van der Waals surface area (Å²) in [6, 6.07) is 32.4. The summed E-state index contributed by atoms with van der Waals surface area (Å²) in [4.78, 5) is 49.4. The highest BCUT2D eigenvalue weighted by Crippen LogP contribution is 2.65. The third-order valence-corrected chi connectivity index (χ3v) is 11.2. The van der Waals surface area contributed by atoms with Crippen LogP contribution in [0, 0.1) is 5.92 Å². The van der Waals surface area contributed by atoms with Crippen molar-refractivity contribution in [3.63, 3.8) is 0 Å². The van der Waals surface area contributed by atoms with Gasteiger partial charge in [0.15, 0.2) is 0 Å². The molecule has 9 nitrogen and oxygen atoms in total. The molecule has 4 aromatic carbocycles. The number of nitrogens with one attached hydrogen (secondary N) is 1. The fraction of sp³-hybridized carbons (Fsp3) is 0.357. The van der Waals surface area contributed by atoms with Crippen LogP contribution in [0.3, 0.4) is 0 Å². The van der Waals surface area contributed by atoms with E-state index in [0.717, 1.165) is 48.8 Å². The predicted octanol–water partition coefficient (Wildman–Crippen LogP) is 6.12. The standard InChI is InChI=1S/C42H43N3O6/c46-26-27-50-31-22-20-30(21-23-31)38-42(32-18-10-11-19-33(32)43-41(42)49)34(39(47)44-24-12-2-1-3-13-25-44)36-40(48)51-37(29-16-8-5-9-17-29)35(45(36)38)28-14-6-4-7-15-28/h4-11,14-23,34-38,46H,1-3,12-13,24-27H2,(H,43,49)/t34-,35-,36-,37+,38+,42-/m0/s1. The molecule has 4 heterocycles. The maximum atomic E-state index is 15.4. The number of amides is 2. The van der Waals surface area contributed by atoms with Crippen LogP contribution in [0.4, 0.5) is 5.69 Å². The summed E-state index contributed by atoms with van der Waals surface area (Å²) in [6.45, 7) is 1.17. The summed E-state index contributed by atoms with van der Waals surface area (Å²) in [7, 11) is 0. The molecule has 0 radical (unpaired) electrons. The summed E-state index contributed by atoms with van der Waals surface area (Å²) in [6.07, 6.45) is 4.22. The van der Waals surface area contributed by atoms with Gasteiger partial charge in [0.1, 0.15) is 29.9 Å². The zero-order valence-electron chi connectivity index (χ0n) is 28.5. The Morgan fingerprint density at radius 1 is 0.765 bits per heavy atom. The Kier molecular flexibility index (Phi) is 9.08. The number of aliphatic hydroxyl groups excluding tert-OH is 1. The van der Waals surface area contributed by atoms with E-state index in [0.29, 0.717) is 30.1 Å². The number of hydrogen-bond acceptors (Lipinski definition) is 7. The number of likely N-dealkylation sites (tertiary alicyclic amines) is 1. The molecule has 4 aliphatic heterocycles. The van der Waals surface area contributed by atoms with E-state index in [1.807, 2.05) is 114 Å². The van der Waals surface area contributed by atoms with Crippen LogP contribution in [0.5, 0.6) is 5.75 Å². The minimum absolute atomic E-state index is 0.123. The van der Waals surface area contributed by atoms with E-state index < -0.39 is 41.5 Å². The molecule has 1 spiro atoms. The van der Waals surface area contributed by atoms with Crippen LogP contribution in [-0.4, -0.2) is 65.0 Å². The molecule has 9 heteroatoms. The van der Waals surface area contributed by atoms with Crippen LogP contribution >= 0.6 is 0 Å². The lowest BCUT2D eigenvalue weighted by Gasteiger charge is -2.46. The van der Waals surface area contributed by atoms with Gasteiger partial charge in [0.2, 0.25) is 11.8 Å². The molecule has 0 aromatic heterocycles. The number of ether oxygens (including phenoxy) is 2. The van der Waals surface area contributed by atoms with Gasteiger partial charge in [0, 0.05) is 18.8 Å². The SMILES string of the molecule is O=C1O[C@H](c2ccccc2)[C@H](c2ccccc2)N2[C@H]1[C@@H](C(=O)N1CCCCCCC1)[C@]1(C(=O)Nc3ccccc31)[C@H]2c1ccc(OCCO)cc1. The van der Waals surface area contributed by atoms with Gasteiger partial charge in [0.25, 0.3) is 0 Å². The van der Waals surface area contributed by atoms with Crippen LogP contribution in [0.1, 0.15) is 72.5 Å². The highest BCUT2D eigenvalue weighted by atomic mass is 16.6. The number of aliphatic hydroxyl groups is 1. The molecule has 0 saturated carbocycles. The van der Waals surface area contributed by atoms with Crippen LogP contribution < -0.4 is 10.1 Å². The molecule has 2 N–H and O–H groups in total. The summed E-state index contributed by atoms with van der Waals surface area (Å²) < 4.78 is 12.3. The van der Waals surface area contributed by atoms with Crippen LogP contribution in [0.15, 0.2) is 109 Å². The van der Waals surface area contributed by atoms with Gasteiger partial charge in [-0.2, -0.15) is 0 Å². The normalized spacial score (nSPS) is 27.5. The molecule has 8 rings (SSSR count). The summed E-state index contributed by atoms with van der Waals surface area (Å²) >= 11 is 0. The summed E-state index contributed by atoms with van der Waals surface area (Å²) in [5, 5.41) is 12.6. The number of carbonyl (C=O) groups excluding carboxylic acids is 3. The molecule has 6 atom stereocenters. The van der Waals surface area contributed by atoms with Gasteiger partial charge in [-0.05, 0) is 53.3 Å². The minimum Gasteiger partial charge on any atom is -0.491 e. The Balaban J connectivity index is 1.40. The molecule has 3 saturated heterocycles. The number of benzene rings is 4. The van der Waals surface area contributed by atoms with Crippen molar-refractivity contribution in [1.29, 1.82) is 0 Å². The number of para-hydroxylation sites is 1. The molecule has 262 valence electrons. The smallest absolute Gasteiger partial charge is 0.324 e. The van der Waals surface area contributed by atoms with Crippen molar-refractivity contribution >= 4 is 23.5 Å². The largest absolute Gasteiger partial charge is 0.491 e. The number of fused-ring (bicyclic) bond motifs is 3. The van der Waals surface area contributed by atoms with Crippen molar-refractivity contribution in [2.24, 2.45) is 5.92 Å². The van der Waals surface area contributed by atoms with E-state index in [2.05, 4.69) is 10.2 Å². The van der Waals surface area contributed by atoms with Crippen molar-refractivity contribution < 1.29 is 29.0 Å². The lowest BCUT2D eigenvalue weighted by atomic mass is 9.65. The number of esters is 1. The topological polar surface area (TPSA) is 108 Å². The molecule has 51 heavy (non-hydrogen) atoms. The van der Waals surface area contributed by atoms with Crippen molar-refractivity contribution in [2.45, 2.75) is 61.7 Å². The average molecular weight is 686 g/mol. The Hall–Kier alpha value is -4.99. The average Bonchev–Trinajstić information content (AvgIpc) is 3.63. The highest BCUT2D eigenvalue weighted by molar-refractivity contribution is 6.12. The first-order valence-electron chi connectivity index (χ1n) is 18.1. The van der Waals surface area contributed by atoms with E-state index in [1.54, 1.807) is 0 Å². The first-order valence-corrected chi connectivity index (χ1v) is 18.1. The van der Waals surface area contributed by atoms with Gasteiger partial charge in [-0.1, -0.05) is 110 Å². The van der Waals surface area contributed by atoms with E-state index in [-0.39, 0.29) is 25.0 Å². The van der Waals surface area contributed by atoms with Crippen molar-refractivity contribution in [3.8, 4) is 5.75 Å². The molecule has 0 bridgehead atoms. The molecule has 0 aliphatic carbocycles. The van der Waals surface area contributed by atoms with Gasteiger partial charge >= 0.3 is 5.97 Å². The molecular formula is C42H43N3O6. The maximum Gasteiger partial charge on any atom is 0.324 e. The van der Waals surface area contributed by atoms with Gasteiger partial charge in [-0.3, -0.25) is 19.3 Å². The lowest BCUT2D eigenvalue weighted by Crippen LogP contribution is -2.55. The second kappa shape index (κ2) is 14.0. The Bertz CT molecular complexity index is 1880. The number of rotatable bonds is 7. The Morgan fingerprint density at radius 3 is 2.08 bits per heavy atom. The number of hydrogen-bond donors (Lipinski definition) is 2. The quantitative estimate of drug-likeness (QED) is 0.226. The van der Waals surface area contributed by atoms with Crippen LogP contribution in [0.25, 0.3) is 0 Å². The van der Waals surface area contributed by atoms with Gasteiger partial charge in [0.05, 0.1) is 24.6 Å². The molecule has 4 aliphatic rings. The zero-order chi connectivity index (χ0) is 35.0. The fourth-order valence-electron chi connectivity index (χ4n) is 9.10. The predicted molar refractivity (Wildman–Crippen MR) is 192 cm³/mol. The third kappa shape index (κ3) is 5.59. The first-order chi connectivity index (χ1) is 25.0. The second-order valence-electron chi connectivity index (χ2n) is 14.0. The maximum absolute atomic E-state index is 15.4. The summed E-state index contributed by atoms with van der Waals surface area (Å²) in [5.41, 5.74) is 2.40. The zero-order valence-corrected chi connectivity index (χ0v) is 28.5. The van der Waals surface area contributed by atoms with Crippen LogP contribution in [-0.2, 0) is 24.5 Å². The third-order valence-electron chi connectivity index (χ3n) is 11.2. The van der Waals surface area contributed by atoms with Gasteiger partial charge in [-0.25, -0.2) is 0 Å². The lowest BCUT2D eigenvalue weighted by molar-refractivity contribution is -0.179. The van der Waals surface area contributed by atoms with E-state index in [9.17, 15) is 9.90 Å². The van der Waals surface area contributed by atoms with E-state index in [4.69, 9.17) is 9.47 Å². The number of carbonyl (C=O) groups is 3. The molecule has 0 unspecified atom stereocenters. The Morgan fingerprint density at radius 2 is 1.39 bits per heavy atom. The molecule has 3 fully saturated rings. The Labute approximate surface area is 298 Å². The number of morpholine rings is 1. The van der Waals surface area contributed by atoms with Crippen molar-refractivity contribution in [2.75, 3.05) is 31.6 Å². The highest BCUT2D eigenvalue weighted by Gasteiger charge is 2.74. The molecular weight excluding hydrogens is 642 g/mol. The van der Waals surface area contributed by atoms with Crippen molar-refractivity contribution in [1.82, 2.24) is 9.80 Å². The monoisotopic (exact) mass is 685 g/mol. The van der Waals surface area contributed by atoms with E-state index in [1.165, 1.54) is 0 Å². The minimum atomic E-state index is -1.47. The van der Waals surface area contributed by atoms with Gasteiger partial charge in [-0.15, -0.1) is 0 Å². The van der Waals surface area contributed by atoms with Crippen LogP contribution in [0.2, 0.25) is 0 Å². The van der Waals surface area contributed by atoms with Crippen molar-refractivity contribution in [3.05, 3.63) is 131 Å². The van der Waals surface area contributed by atoms with E-state index >= 15 is 9.59 Å². The fourth-order valence-corrected chi connectivity index (χ4v) is 9.10. The summed E-state index contributed by atoms with van der Waals surface area (Å²) in [5.74, 6) is -1.49. The number of anilines is 1. The molecule has 2 amide bonds. The van der Waals surface area contributed by atoms with Gasteiger partial charge < -0.3 is 24.8 Å². The number of nitrogens with zero attached hydrogens (tertiary/aromatic N) is 2. The second-order valence-corrected chi connectivity index (χ2v) is 14.0.